The zero-order chi connectivity index (χ0) is 16.3. The van der Waals surface area contributed by atoms with Crippen molar-refractivity contribution in [1.82, 2.24) is 10.7 Å². The number of hydrogen-bond acceptors (Lipinski definition) is 4. The SMILES string of the molecule is COc1c(C)cc(CNC(=O)C2=NNC(=O)CC2)c(C)c1C. The summed E-state index contributed by atoms with van der Waals surface area (Å²) in [7, 11) is 1.66. The van der Waals surface area contributed by atoms with E-state index in [9.17, 15) is 9.59 Å². The van der Waals surface area contributed by atoms with Gasteiger partial charge in [0.25, 0.3) is 5.91 Å². The molecule has 1 aromatic carbocycles. The lowest BCUT2D eigenvalue weighted by atomic mass is 9.98. The molecule has 0 radical (unpaired) electrons. The van der Waals surface area contributed by atoms with Gasteiger partial charge in [0.15, 0.2) is 0 Å². The van der Waals surface area contributed by atoms with Crippen molar-refractivity contribution in [2.45, 2.75) is 40.2 Å². The highest BCUT2D eigenvalue weighted by molar-refractivity contribution is 6.39. The van der Waals surface area contributed by atoms with Gasteiger partial charge in [-0.1, -0.05) is 6.07 Å². The van der Waals surface area contributed by atoms with E-state index in [-0.39, 0.29) is 11.8 Å². The van der Waals surface area contributed by atoms with Crippen molar-refractivity contribution in [3.63, 3.8) is 0 Å². The van der Waals surface area contributed by atoms with Gasteiger partial charge in [0.1, 0.15) is 11.5 Å². The number of carbonyl (C=O) groups excluding carboxylic acids is 2. The van der Waals surface area contributed by atoms with E-state index in [4.69, 9.17) is 4.74 Å². The molecule has 6 heteroatoms. The second-order valence-corrected chi connectivity index (χ2v) is 5.41. The predicted octanol–water partition coefficient (Wildman–Crippen LogP) is 1.50. The molecule has 0 fully saturated rings. The molecule has 0 aliphatic carbocycles. The van der Waals surface area contributed by atoms with Crippen molar-refractivity contribution >= 4 is 17.5 Å². The van der Waals surface area contributed by atoms with Crippen LogP contribution in [0.3, 0.4) is 0 Å². The number of nitrogens with one attached hydrogen (secondary N) is 2. The molecule has 0 atom stereocenters. The maximum absolute atomic E-state index is 12.1. The fraction of sp³-hybridized carbons (Fsp3) is 0.438. The third-order valence-electron chi connectivity index (χ3n) is 3.94. The van der Waals surface area contributed by atoms with Gasteiger partial charge in [-0.25, -0.2) is 5.43 Å². The molecule has 1 heterocycles. The molecule has 0 aromatic heterocycles. The zero-order valence-corrected chi connectivity index (χ0v) is 13.4. The Morgan fingerprint density at radius 1 is 1.32 bits per heavy atom. The molecule has 0 saturated carbocycles. The Morgan fingerprint density at radius 2 is 2.05 bits per heavy atom. The normalized spacial score (nSPS) is 14.2. The molecule has 118 valence electrons. The maximum atomic E-state index is 12.1. The summed E-state index contributed by atoms with van der Waals surface area (Å²) in [6.07, 6.45) is 0.670. The molecule has 1 aliphatic rings. The fourth-order valence-electron chi connectivity index (χ4n) is 2.56. The summed E-state index contributed by atoms with van der Waals surface area (Å²) >= 11 is 0. The van der Waals surface area contributed by atoms with E-state index in [1.165, 1.54) is 0 Å². The minimum atomic E-state index is -0.245. The van der Waals surface area contributed by atoms with Crippen molar-refractivity contribution in [1.29, 1.82) is 0 Å². The van der Waals surface area contributed by atoms with E-state index in [1.54, 1.807) is 7.11 Å². The van der Waals surface area contributed by atoms with Gasteiger partial charge in [0, 0.05) is 19.4 Å². The Labute approximate surface area is 129 Å². The first kappa shape index (κ1) is 16.0. The van der Waals surface area contributed by atoms with Crippen LogP contribution in [0.4, 0.5) is 0 Å². The highest BCUT2D eigenvalue weighted by Gasteiger charge is 2.18. The first-order valence-electron chi connectivity index (χ1n) is 7.21. The van der Waals surface area contributed by atoms with Gasteiger partial charge in [-0.3, -0.25) is 9.59 Å². The van der Waals surface area contributed by atoms with Crippen LogP contribution in [-0.4, -0.2) is 24.6 Å². The number of aryl methyl sites for hydroxylation is 1. The minimum absolute atomic E-state index is 0.159. The second kappa shape index (κ2) is 6.60. The lowest BCUT2D eigenvalue weighted by Crippen LogP contribution is -2.36. The largest absolute Gasteiger partial charge is 0.496 e. The number of benzene rings is 1. The van der Waals surface area contributed by atoms with Gasteiger partial charge in [0.05, 0.1) is 7.11 Å². The Morgan fingerprint density at radius 3 is 2.64 bits per heavy atom. The van der Waals surface area contributed by atoms with Crippen LogP contribution in [0.2, 0.25) is 0 Å². The lowest BCUT2D eigenvalue weighted by molar-refractivity contribution is -0.121. The number of hydrazone groups is 1. The topological polar surface area (TPSA) is 79.8 Å². The van der Waals surface area contributed by atoms with Gasteiger partial charge in [-0.15, -0.1) is 0 Å². The van der Waals surface area contributed by atoms with E-state index in [0.717, 1.165) is 28.0 Å². The van der Waals surface area contributed by atoms with Crippen LogP contribution in [0.1, 0.15) is 35.1 Å². The number of nitrogens with zero attached hydrogens (tertiary/aromatic N) is 1. The minimum Gasteiger partial charge on any atom is -0.496 e. The summed E-state index contributed by atoms with van der Waals surface area (Å²) in [5, 5.41) is 6.65. The van der Waals surface area contributed by atoms with Crippen molar-refractivity contribution in [3.8, 4) is 5.75 Å². The van der Waals surface area contributed by atoms with Crippen LogP contribution in [0, 0.1) is 20.8 Å². The summed E-state index contributed by atoms with van der Waals surface area (Å²) in [6.45, 7) is 6.42. The molecule has 0 saturated heterocycles. The third-order valence-corrected chi connectivity index (χ3v) is 3.94. The van der Waals surface area contributed by atoms with E-state index in [0.29, 0.717) is 25.1 Å². The van der Waals surface area contributed by atoms with Gasteiger partial charge in [0.2, 0.25) is 5.91 Å². The quantitative estimate of drug-likeness (QED) is 0.884. The average molecular weight is 303 g/mol. The van der Waals surface area contributed by atoms with E-state index in [2.05, 4.69) is 15.8 Å². The number of carbonyl (C=O) groups is 2. The molecule has 0 bridgehead atoms. The third kappa shape index (κ3) is 3.27. The second-order valence-electron chi connectivity index (χ2n) is 5.41. The Balaban J connectivity index is 2.09. The van der Waals surface area contributed by atoms with Crippen LogP contribution in [-0.2, 0) is 16.1 Å². The first-order chi connectivity index (χ1) is 10.4. The standard InChI is InChI=1S/C16H21N3O3/c1-9-7-12(10(2)11(3)15(9)22-4)8-17-16(21)13-5-6-14(20)19-18-13/h7H,5-6,8H2,1-4H3,(H,17,21)(H,19,20). The molecule has 0 unspecified atom stereocenters. The summed E-state index contributed by atoms with van der Waals surface area (Å²) < 4.78 is 5.40. The molecule has 0 spiro atoms. The Hall–Kier alpha value is -2.37. The Bertz CT molecular complexity index is 651. The van der Waals surface area contributed by atoms with Crippen LogP contribution in [0.5, 0.6) is 5.75 Å². The van der Waals surface area contributed by atoms with Crippen molar-refractivity contribution in [3.05, 3.63) is 28.3 Å². The molecule has 2 rings (SSSR count). The number of amides is 2. The number of rotatable bonds is 4. The van der Waals surface area contributed by atoms with Gasteiger partial charge >= 0.3 is 0 Å². The molecule has 1 aliphatic heterocycles. The summed E-state index contributed by atoms with van der Waals surface area (Å²) in [5.41, 5.74) is 6.95. The van der Waals surface area contributed by atoms with E-state index in [1.807, 2.05) is 26.8 Å². The van der Waals surface area contributed by atoms with E-state index < -0.39 is 0 Å². The maximum Gasteiger partial charge on any atom is 0.267 e. The summed E-state index contributed by atoms with van der Waals surface area (Å²) in [4.78, 5) is 23.1. The van der Waals surface area contributed by atoms with Crippen molar-refractivity contribution in [2.75, 3.05) is 7.11 Å². The van der Waals surface area contributed by atoms with Crippen molar-refractivity contribution in [2.24, 2.45) is 5.10 Å². The smallest absolute Gasteiger partial charge is 0.267 e. The lowest BCUT2D eigenvalue weighted by Gasteiger charge is -2.17. The van der Waals surface area contributed by atoms with Crippen LogP contribution in [0.25, 0.3) is 0 Å². The predicted molar refractivity (Wildman–Crippen MR) is 83.9 cm³/mol. The molecular weight excluding hydrogens is 282 g/mol. The van der Waals surface area contributed by atoms with Crippen LogP contribution >= 0.6 is 0 Å². The first-order valence-corrected chi connectivity index (χ1v) is 7.21. The van der Waals surface area contributed by atoms with Crippen LogP contribution < -0.4 is 15.5 Å². The number of ether oxygens (including phenoxy) is 1. The van der Waals surface area contributed by atoms with Gasteiger partial charge in [-0.2, -0.15) is 5.10 Å². The number of methoxy groups -OCH3 is 1. The zero-order valence-electron chi connectivity index (χ0n) is 13.4. The molecule has 2 amide bonds. The fourth-order valence-corrected chi connectivity index (χ4v) is 2.56. The Kier molecular flexibility index (Phi) is 4.80. The molecule has 22 heavy (non-hydrogen) atoms. The molecular formula is C16H21N3O3. The number of hydrogen-bond donors (Lipinski definition) is 2. The van der Waals surface area contributed by atoms with E-state index >= 15 is 0 Å². The highest BCUT2D eigenvalue weighted by Crippen LogP contribution is 2.28. The monoisotopic (exact) mass is 303 g/mol. The van der Waals surface area contributed by atoms with Gasteiger partial charge < -0.3 is 10.1 Å². The average Bonchev–Trinajstić information content (AvgIpc) is 2.50. The van der Waals surface area contributed by atoms with Crippen LogP contribution in [0.15, 0.2) is 11.2 Å². The molecule has 1 aromatic rings. The molecule has 2 N–H and O–H groups in total. The highest BCUT2D eigenvalue weighted by atomic mass is 16.5. The van der Waals surface area contributed by atoms with Crippen molar-refractivity contribution < 1.29 is 14.3 Å². The molecule has 6 nitrogen and oxygen atoms in total. The van der Waals surface area contributed by atoms with Gasteiger partial charge in [-0.05, 0) is 43.0 Å². The summed E-state index contributed by atoms with van der Waals surface area (Å²) in [5.74, 6) is 0.478. The summed E-state index contributed by atoms with van der Waals surface area (Å²) in [6, 6.07) is 2.02.